The van der Waals surface area contributed by atoms with E-state index in [9.17, 15) is 5.11 Å². The minimum Gasteiger partial charge on any atom is -0.506 e. The topological polar surface area (TPSA) is 41.8 Å². The summed E-state index contributed by atoms with van der Waals surface area (Å²) in [4.78, 5) is 4.32. The average molecular weight is 514 g/mol. The van der Waals surface area contributed by atoms with Crippen LogP contribution in [0.15, 0.2) is 35.3 Å². The molecule has 104 valence electrons. The van der Waals surface area contributed by atoms with Gasteiger partial charge in [0.25, 0.3) is 0 Å². The minimum absolute atomic E-state index is 0.231. The van der Waals surface area contributed by atoms with Gasteiger partial charge in [-0.15, -0.1) is 0 Å². The number of rotatable bonds is 3. The lowest BCUT2D eigenvalue weighted by Gasteiger charge is -2.04. The highest BCUT2D eigenvalue weighted by molar-refractivity contribution is 14.1. The number of aliphatic imine (C=N–C) groups is 1. The van der Waals surface area contributed by atoms with E-state index >= 15 is 0 Å². The van der Waals surface area contributed by atoms with Gasteiger partial charge in [-0.05, 0) is 75.5 Å². The Balaban J connectivity index is 2.32. The molecule has 0 aliphatic carbocycles. The Morgan fingerprint density at radius 2 is 2.00 bits per heavy atom. The lowest BCUT2D eigenvalue weighted by Crippen LogP contribution is -1.88. The molecule has 0 heterocycles. The number of methoxy groups -OCH3 is 1. The van der Waals surface area contributed by atoms with Crippen LogP contribution in [0.1, 0.15) is 5.56 Å². The van der Waals surface area contributed by atoms with E-state index in [1.54, 1.807) is 31.5 Å². The first kappa shape index (κ1) is 15.8. The number of phenolic OH excluding ortho intramolecular Hbond substituents is 1. The molecule has 2 rings (SSSR count). The third-order valence-corrected chi connectivity index (χ3v) is 4.29. The van der Waals surface area contributed by atoms with Gasteiger partial charge in [0, 0.05) is 15.3 Å². The predicted octanol–water partition coefficient (Wildman–Crippen LogP) is 5.01. The standard InChI is InChI=1S/C14H10ClI2NO2/c1-20-13-3-2-10(6-11(13)15)18-7-8-4-9(16)5-12(17)14(8)19/h2-7,19H,1H3. The van der Waals surface area contributed by atoms with Gasteiger partial charge in [-0.3, -0.25) is 4.99 Å². The molecule has 0 saturated heterocycles. The maximum absolute atomic E-state index is 9.99. The fourth-order valence-corrected chi connectivity index (χ4v) is 3.71. The lowest BCUT2D eigenvalue weighted by molar-refractivity contribution is 0.415. The summed E-state index contributed by atoms with van der Waals surface area (Å²) >= 11 is 10.3. The van der Waals surface area contributed by atoms with Gasteiger partial charge in [0.05, 0.1) is 21.4 Å². The van der Waals surface area contributed by atoms with Crippen LogP contribution in [0.5, 0.6) is 11.5 Å². The fraction of sp³-hybridized carbons (Fsp3) is 0.0714. The Labute approximate surface area is 149 Å². The van der Waals surface area contributed by atoms with Crippen molar-refractivity contribution in [3.8, 4) is 11.5 Å². The van der Waals surface area contributed by atoms with E-state index in [0.717, 1.165) is 7.14 Å². The summed E-state index contributed by atoms with van der Waals surface area (Å²) in [5.74, 6) is 0.839. The minimum atomic E-state index is 0.231. The molecule has 3 nitrogen and oxygen atoms in total. The molecule has 0 amide bonds. The summed E-state index contributed by atoms with van der Waals surface area (Å²) in [6, 6.07) is 9.04. The van der Waals surface area contributed by atoms with Crippen molar-refractivity contribution in [2.45, 2.75) is 0 Å². The van der Waals surface area contributed by atoms with Crippen LogP contribution < -0.4 is 4.74 Å². The van der Waals surface area contributed by atoms with Crippen molar-refractivity contribution in [1.82, 2.24) is 0 Å². The van der Waals surface area contributed by atoms with Gasteiger partial charge in [-0.25, -0.2) is 0 Å². The van der Waals surface area contributed by atoms with E-state index < -0.39 is 0 Å². The van der Waals surface area contributed by atoms with Crippen molar-refractivity contribution in [2.75, 3.05) is 7.11 Å². The van der Waals surface area contributed by atoms with Crippen LogP contribution in [0.3, 0.4) is 0 Å². The molecular formula is C14H10ClI2NO2. The van der Waals surface area contributed by atoms with Crippen LogP contribution in [0.25, 0.3) is 0 Å². The van der Waals surface area contributed by atoms with Crippen molar-refractivity contribution in [2.24, 2.45) is 4.99 Å². The normalized spacial score (nSPS) is 11.0. The molecule has 0 radical (unpaired) electrons. The second-order valence-corrected chi connectivity index (χ2v) is 6.72. The molecule has 6 heteroatoms. The van der Waals surface area contributed by atoms with Crippen LogP contribution in [0.4, 0.5) is 5.69 Å². The van der Waals surface area contributed by atoms with Crippen LogP contribution in [-0.2, 0) is 0 Å². The molecule has 0 aliphatic rings. The summed E-state index contributed by atoms with van der Waals surface area (Å²) in [5.41, 5.74) is 1.37. The Kier molecular flexibility index (Phi) is 5.50. The van der Waals surface area contributed by atoms with E-state index in [4.69, 9.17) is 16.3 Å². The van der Waals surface area contributed by atoms with Gasteiger partial charge in [-0.1, -0.05) is 11.6 Å². The first-order valence-corrected chi connectivity index (χ1v) is 8.10. The largest absolute Gasteiger partial charge is 0.506 e. The monoisotopic (exact) mass is 513 g/mol. The number of hydrogen-bond acceptors (Lipinski definition) is 3. The zero-order chi connectivity index (χ0) is 14.7. The van der Waals surface area contributed by atoms with Gasteiger partial charge >= 0.3 is 0 Å². The molecule has 0 aromatic heterocycles. The molecule has 0 atom stereocenters. The maximum Gasteiger partial charge on any atom is 0.137 e. The SMILES string of the molecule is COc1ccc(N=Cc2cc(I)cc(I)c2O)cc1Cl. The number of hydrogen-bond donors (Lipinski definition) is 1. The van der Waals surface area contributed by atoms with Gasteiger partial charge in [0.2, 0.25) is 0 Å². The van der Waals surface area contributed by atoms with E-state index in [0.29, 0.717) is 22.0 Å². The van der Waals surface area contributed by atoms with E-state index in [-0.39, 0.29) is 5.75 Å². The molecule has 0 bridgehead atoms. The second kappa shape index (κ2) is 6.95. The zero-order valence-electron chi connectivity index (χ0n) is 10.4. The number of benzene rings is 2. The highest BCUT2D eigenvalue weighted by atomic mass is 127. The average Bonchev–Trinajstić information content (AvgIpc) is 2.41. The second-order valence-electron chi connectivity index (χ2n) is 3.90. The Morgan fingerprint density at radius 3 is 2.65 bits per heavy atom. The zero-order valence-corrected chi connectivity index (χ0v) is 15.5. The van der Waals surface area contributed by atoms with E-state index in [2.05, 4.69) is 50.2 Å². The van der Waals surface area contributed by atoms with E-state index in [1.165, 1.54) is 0 Å². The van der Waals surface area contributed by atoms with Crippen LogP contribution in [0.2, 0.25) is 5.02 Å². The first-order valence-electron chi connectivity index (χ1n) is 5.57. The molecule has 0 fully saturated rings. The molecule has 0 spiro atoms. The number of ether oxygens (including phenoxy) is 1. The Hall–Kier alpha value is -0.540. The predicted molar refractivity (Wildman–Crippen MR) is 98.8 cm³/mol. The van der Waals surface area contributed by atoms with Crippen molar-refractivity contribution < 1.29 is 9.84 Å². The molecular weight excluding hydrogens is 503 g/mol. The smallest absolute Gasteiger partial charge is 0.137 e. The Morgan fingerprint density at radius 1 is 1.25 bits per heavy atom. The van der Waals surface area contributed by atoms with Crippen molar-refractivity contribution in [3.05, 3.63) is 48.1 Å². The summed E-state index contributed by atoms with van der Waals surface area (Å²) < 4.78 is 6.92. The van der Waals surface area contributed by atoms with Crippen molar-refractivity contribution >= 4 is 68.7 Å². The summed E-state index contributed by atoms with van der Waals surface area (Å²) in [6.45, 7) is 0. The van der Waals surface area contributed by atoms with Gasteiger partial charge in [0.1, 0.15) is 11.5 Å². The molecule has 0 aliphatic heterocycles. The number of nitrogens with zero attached hydrogens (tertiary/aromatic N) is 1. The van der Waals surface area contributed by atoms with Gasteiger partial charge in [-0.2, -0.15) is 0 Å². The molecule has 0 unspecified atom stereocenters. The summed E-state index contributed by atoms with van der Waals surface area (Å²) in [5, 5.41) is 10.5. The van der Waals surface area contributed by atoms with Gasteiger partial charge < -0.3 is 9.84 Å². The fourth-order valence-electron chi connectivity index (χ4n) is 1.56. The highest BCUT2D eigenvalue weighted by Gasteiger charge is 2.05. The lowest BCUT2D eigenvalue weighted by atomic mass is 10.2. The Bertz CT molecular complexity index is 674. The van der Waals surface area contributed by atoms with Crippen molar-refractivity contribution in [3.63, 3.8) is 0 Å². The van der Waals surface area contributed by atoms with Crippen LogP contribution in [0, 0.1) is 7.14 Å². The van der Waals surface area contributed by atoms with Crippen LogP contribution >= 0.6 is 56.8 Å². The number of aromatic hydroxyl groups is 1. The van der Waals surface area contributed by atoms with Gasteiger partial charge in [0.15, 0.2) is 0 Å². The molecule has 1 N–H and O–H groups in total. The maximum atomic E-state index is 9.99. The molecule has 2 aromatic rings. The van der Waals surface area contributed by atoms with Crippen LogP contribution in [-0.4, -0.2) is 18.4 Å². The summed E-state index contributed by atoms with van der Waals surface area (Å²) in [6.07, 6.45) is 1.62. The quantitative estimate of drug-likeness (QED) is 0.463. The number of phenols is 1. The molecule has 2 aromatic carbocycles. The van der Waals surface area contributed by atoms with Crippen molar-refractivity contribution in [1.29, 1.82) is 0 Å². The third-order valence-electron chi connectivity index (χ3n) is 2.55. The van der Waals surface area contributed by atoms with E-state index in [1.807, 2.05) is 12.1 Å². The highest BCUT2D eigenvalue weighted by Crippen LogP contribution is 2.29. The summed E-state index contributed by atoms with van der Waals surface area (Å²) in [7, 11) is 1.57. The molecule has 20 heavy (non-hydrogen) atoms. The third kappa shape index (κ3) is 3.76. The first-order chi connectivity index (χ1) is 9.51. The number of halogens is 3. The molecule has 0 saturated carbocycles.